The lowest BCUT2D eigenvalue weighted by Gasteiger charge is -2.24. The van der Waals surface area contributed by atoms with Crippen molar-refractivity contribution in [1.82, 2.24) is 0 Å². The number of hydrogen-bond acceptors (Lipinski definition) is 8. The fourth-order valence-corrected chi connectivity index (χ4v) is 2.92. The average molecular weight is 409 g/mol. The van der Waals surface area contributed by atoms with Crippen LogP contribution in [0.25, 0.3) is 10.8 Å². The number of nitro benzene ring substituents is 2. The molecule has 0 aromatic heterocycles. The summed E-state index contributed by atoms with van der Waals surface area (Å²) in [6.45, 7) is 5.96. The maximum atomic E-state index is 11.3. The van der Waals surface area contributed by atoms with Crippen molar-refractivity contribution in [2.75, 3.05) is 5.32 Å². The number of hydrogen-bond donors (Lipinski definition) is 2. The Labute approximate surface area is 171 Å². The summed E-state index contributed by atoms with van der Waals surface area (Å²) in [5.74, 6) is -0.159. The molecule has 154 valence electrons. The second-order valence-corrected chi connectivity index (χ2v) is 7.60. The van der Waals surface area contributed by atoms with Gasteiger partial charge in [-0.2, -0.15) is 0 Å². The molecule has 0 aliphatic carbocycles. The van der Waals surface area contributed by atoms with Crippen LogP contribution in [-0.2, 0) is 0 Å². The molecule has 0 heterocycles. The summed E-state index contributed by atoms with van der Waals surface area (Å²) in [6, 6.07) is 11.8. The number of nitrogens with zero attached hydrogens (tertiary/aromatic N) is 4. The van der Waals surface area contributed by atoms with Crippen molar-refractivity contribution in [2.45, 2.75) is 26.3 Å². The van der Waals surface area contributed by atoms with Crippen LogP contribution in [0.2, 0.25) is 0 Å². The summed E-state index contributed by atoms with van der Waals surface area (Å²) < 4.78 is 0. The Balaban J connectivity index is 2.12. The van der Waals surface area contributed by atoms with Crippen LogP contribution in [0.5, 0.6) is 5.75 Å². The third-order valence-corrected chi connectivity index (χ3v) is 4.13. The fourth-order valence-electron chi connectivity index (χ4n) is 2.92. The molecule has 3 rings (SSSR count). The van der Waals surface area contributed by atoms with E-state index >= 15 is 0 Å². The number of fused-ring (bicyclic) bond motifs is 1. The molecule has 10 nitrogen and oxygen atoms in total. The first-order chi connectivity index (χ1) is 14.1. The number of phenolic OH excluding ortho intramolecular Hbond substituents is 1. The first-order valence-corrected chi connectivity index (χ1v) is 8.94. The van der Waals surface area contributed by atoms with E-state index in [1.165, 1.54) is 6.07 Å². The molecule has 0 saturated carbocycles. The number of rotatable bonds is 5. The van der Waals surface area contributed by atoms with E-state index in [4.69, 9.17) is 0 Å². The Bertz CT molecular complexity index is 1180. The van der Waals surface area contributed by atoms with Gasteiger partial charge in [0.15, 0.2) is 5.69 Å². The van der Waals surface area contributed by atoms with Gasteiger partial charge in [-0.3, -0.25) is 20.2 Å². The number of phenols is 1. The van der Waals surface area contributed by atoms with Crippen LogP contribution in [0.15, 0.2) is 58.8 Å². The van der Waals surface area contributed by atoms with Gasteiger partial charge in [-0.1, -0.05) is 24.3 Å². The summed E-state index contributed by atoms with van der Waals surface area (Å²) in [5, 5.41) is 45.3. The van der Waals surface area contributed by atoms with Gasteiger partial charge in [-0.05, 0) is 26.8 Å². The molecule has 0 aliphatic rings. The van der Waals surface area contributed by atoms with Crippen LogP contribution in [0.3, 0.4) is 0 Å². The molecule has 0 radical (unpaired) electrons. The zero-order valence-electron chi connectivity index (χ0n) is 16.5. The topological polar surface area (TPSA) is 143 Å². The molecule has 0 fully saturated rings. The maximum absolute atomic E-state index is 11.3. The number of aromatic hydroxyl groups is 1. The van der Waals surface area contributed by atoms with Crippen molar-refractivity contribution in [2.24, 2.45) is 10.2 Å². The van der Waals surface area contributed by atoms with E-state index in [0.717, 1.165) is 23.6 Å². The van der Waals surface area contributed by atoms with Gasteiger partial charge in [0.1, 0.15) is 11.4 Å². The van der Waals surface area contributed by atoms with Crippen LogP contribution >= 0.6 is 0 Å². The predicted molar refractivity (Wildman–Crippen MR) is 113 cm³/mol. The van der Waals surface area contributed by atoms with Gasteiger partial charge in [0.2, 0.25) is 0 Å². The lowest BCUT2D eigenvalue weighted by atomic mass is 10.0. The minimum absolute atomic E-state index is 0.137. The van der Waals surface area contributed by atoms with Crippen LogP contribution < -0.4 is 5.32 Å². The summed E-state index contributed by atoms with van der Waals surface area (Å²) >= 11 is 0. The predicted octanol–water partition coefficient (Wildman–Crippen LogP) is 5.99. The van der Waals surface area contributed by atoms with Crippen molar-refractivity contribution in [1.29, 1.82) is 0 Å². The highest BCUT2D eigenvalue weighted by atomic mass is 16.6. The molecule has 0 bridgehead atoms. The third-order valence-electron chi connectivity index (χ3n) is 4.13. The summed E-state index contributed by atoms with van der Waals surface area (Å²) in [5.41, 5.74) is -0.550. The second kappa shape index (κ2) is 7.74. The zero-order valence-corrected chi connectivity index (χ0v) is 16.5. The number of nitro groups is 2. The van der Waals surface area contributed by atoms with Crippen molar-refractivity contribution in [3.63, 3.8) is 0 Å². The summed E-state index contributed by atoms with van der Waals surface area (Å²) in [6.07, 6.45) is 0. The van der Waals surface area contributed by atoms with E-state index in [1.54, 1.807) is 12.1 Å². The molecule has 30 heavy (non-hydrogen) atoms. The highest BCUT2D eigenvalue weighted by Gasteiger charge is 2.20. The highest BCUT2D eigenvalue weighted by Crippen LogP contribution is 2.42. The van der Waals surface area contributed by atoms with Gasteiger partial charge in [-0.25, -0.2) is 0 Å². The average Bonchev–Trinajstić information content (AvgIpc) is 2.66. The summed E-state index contributed by atoms with van der Waals surface area (Å²) in [7, 11) is 0. The van der Waals surface area contributed by atoms with Crippen LogP contribution in [-0.4, -0.2) is 20.5 Å². The molecule has 0 spiro atoms. The molecular weight excluding hydrogens is 390 g/mol. The molecule has 0 unspecified atom stereocenters. The largest absolute Gasteiger partial charge is 0.506 e. The Hall–Kier alpha value is -4.08. The number of benzene rings is 3. The quantitative estimate of drug-likeness (QED) is 0.301. The molecule has 2 N–H and O–H groups in total. The molecule has 0 amide bonds. The van der Waals surface area contributed by atoms with Crippen LogP contribution in [0.4, 0.5) is 28.4 Å². The molecule has 0 atom stereocenters. The van der Waals surface area contributed by atoms with Crippen molar-refractivity contribution >= 4 is 39.2 Å². The van der Waals surface area contributed by atoms with Crippen molar-refractivity contribution < 1.29 is 15.0 Å². The Morgan fingerprint density at radius 1 is 0.933 bits per heavy atom. The minimum atomic E-state index is -0.768. The Kier molecular flexibility index (Phi) is 5.33. The van der Waals surface area contributed by atoms with Gasteiger partial charge in [0.25, 0.3) is 5.69 Å². The van der Waals surface area contributed by atoms with Gasteiger partial charge in [0.05, 0.1) is 15.9 Å². The zero-order chi connectivity index (χ0) is 22.1. The smallest absolute Gasteiger partial charge is 0.303 e. The number of non-ortho nitro benzene ring substituents is 1. The monoisotopic (exact) mass is 409 g/mol. The summed E-state index contributed by atoms with van der Waals surface area (Å²) in [4.78, 5) is 20.7. The second-order valence-electron chi connectivity index (χ2n) is 7.60. The Morgan fingerprint density at radius 2 is 1.60 bits per heavy atom. The van der Waals surface area contributed by atoms with E-state index in [0.29, 0.717) is 11.1 Å². The highest BCUT2D eigenvalue weighted by molar-refractivity contribution is 6.03. The van der Waals surface area contributed by atoms with Gasteiger partial charge < -0.3 is 10.4 Å². The van der Waals surface area contributed by atoms with Crippen molar-refractivity contribution in [3.8, 4) is 5.75 Å². The number of nitrogens with one attached hydrogen (secondary N) is 1. The van der Waals surface area contributed by atoms with Crippen LogP contribution in [0.1, 0.15) is 20.8 Å². The SMILES string of the molecule is CC(C)(C)Nc1cc(O)c(N=Nc2ccc([N+](=O)[O-])cc2[N+](=O)[O-])c2ccccc12. The minimum Gasteiger partial charge on any atom is -0.506 e. The molecular formula is C20H19N5O5. The standard InChI is InChI=1S/C20H19N5O5/c1-20(2,3)21-16-11-18(26)19(14-7-5-4-6-13(14)16)23-22-15-9-8-12(24(27)28)10-17(15)25(29)30/h4-11,21,26H,1-3H3. The lowest BCUT2D eigenvalue weighted by molar-refractivity contribution is -0.393. The molecule has 10 heteroatoms. The van der Waals surface area contributed by atoms with Crippen molar-refractivity contribution in [3.05, 3.63) is 68.8 Å². The van der Waals surface area contributed by atoms with E-state index in [2.05, 4.69) is 15.5 Å². The van der Waals surface area contributed by atoms with Crippen LogP contribution in [0, 0.1) is 20.2 Å². The molecule has 3 aromatic carbocycles. The molecule has 0 saturated heterocycles. The first-order valence-electron chi connectivity index (χ1n) is 8.94. The number of azo groups is 1. The van der Waals surface area contributed by atoms with E-state index in [1.807, 2.05) is 32.9 Å². The van der Waals surface area contributed by atoms with E-state index < -0.39 is 21.2 Å². The van der Waals surface area contributed by atoms with Gasteiger partial charge in [-0.15, -0.1) is 10.2 Å². The van der Waals surface area contributed by atoms with Gasteiger partial charge >= 0.3 is 5.69 Å². The molecule has 3 aromatic rings. The van der Waals surface area contributed by atoms with E-state index in [9.17, 15) is 25.3 Å². The number of anilines is 1. The molecule has 0 aliphatic heterocycles. The fraction of sp³-hybridized carbons (Fsp3) is 0.200. The van der Waals surface area contributed by atoms with E-state index in [-0.39, 0.29) is 22.7 Å². The Morgan fingerprint density at radius 3 is 2.20 bits per heavy atom. The van der Waals surface area contributed by atoms with Gasteiger partial charge in [0, 0.05) is 34.1 Å². The normalized spacial score (nSPS) is 11.7. The lowest BCUT2D eigenvalue weighted by Crippen LogP contribution is -2.26. The first kappa shape index (κ1) is 20.6. The third kappa shape index (κ3) is 4.32. The maximum Gasteiger partial charge on any atom is 0.303 e.